The van der Waals surface area contributed by atoms with Crippen molar-refractivity contribution in [3.8, 4) is 0 Å². The number of rotatable bonds is 3. The van der Waals surface area contributed by atoms with Crippen LogP contribution in [0.3, 0.4) is 0 Å². The first kappa shape index (κ1) is 10.9. The smallest absolute Gasteiger partial charge is 0.280 e. The molecule has 0 aromatic carbocycles. The molecule has 0 unspecified atom stereocenters. The summed E-state index contributed by atoms with van der Waals surface area (Å²) in [5, 5.41) is 8.74. The number of halogens is 3. The molecule has 0 radical (unpaired) electrons. The van der Waals surface area contributed by atoms with Crippen LogP contribution in [0.15, 0.2) is 6.07 Å². The van der Waals surface area contributed by atoms with Gasteiger partial charge in [-0.3, -0.25) is 0 Å². The third-order valence-electron chi connectivity index (χ3n) is 1.76. The molecule has 1 aromatic rings. The molecule has 0 aliphatic heterocycles. The van der Waals surface area contributed by atoms with Gasteiger partial charge in [0.05, 0.1) is 6.61 Å². The predicted octanol–water partition coefficient (Wildman–Crippen LogP) is 1.11. The van der Waals surface area contributed by atoms with Crippen LogP contribution in [-0.4, -0.2) is 10.1 Å². The first-order valence-electron chi connectivity index (χ1n) is 3.87. The molecule has 1 heterocycles. The average Bonchev–Trinajstić information content (AvgIpc) is 2.17. The summed E-state index contributed by atoms with van der Waals surface area (Å²) >= 11 is 0. The van der Waals surface area contributed by atoms with Gasteiger partial charge in [0, 0.05) is 17.7 Å². The normalized spacial score (nSPS) is 11.0. The maximum atomic E-state index is 12.9. The minimum absolute atomic E-state index is 0.0125. The van der Waals surface area contributed by atoms with E-state index in [1.807, 2.05) is 0 Å². The van der Waals surface area contributed by atoms with E-state index in [1.165, 1.54) is 0 Å². The van der Waals surface area contributed by atoms with Gasteiger partial charge in [0.2, 0.25) is 5.95 Å². The van der Waals surface area contributed by atoms with Crippen LogP contribution >= 0.6 is 0 Å². The Balaban J connectivity index is 3.24. The summed E-state index contributed by atoms with van der Waals surface area (Å²) < 4.78 is 37.4. The molecular formula is C8H9F3N2O. The number of aliphatic hydroxyl groups is 1. The van der Waals surface area contributed by atoms with E-state index in [9.17, 15) is 13.2 Å². The number of hydrogen-bond donors (Lipinski definition) is 2. The van der Waals surface area contributed by atoms with Crippen molar-refractivity contribution in [2.24, 2.45) is 5.73 Å². The Labute approximate surface area is 78.4 Å². The number of pyridine rings is 1. The second-order valence-corrected chi connectivity index (χ2v) is 2.65. The van der Waals surface area contributed by atoms with Gasteiger partial charge in [0.15, 0.2) is 0 Å². The lowest BCUT2D eigenvalue weighted by atomic mass is 10.1. The van der Waals surface area contributed by atoms with Gasteiger partial charge in [-0.05, 0) is 6.07 Å². The molecule has 14 heavy (non-hydrogen) atoms. The largest absolute Gasteiger partial charge is 0.392 e. The molecule has 3 nitrogen and oxygen atoms in total. The average molecular weight is 206 g/mol. The molecule has 0 amide bonds. The Morgan fingerprint density at radius 3 is 2.50 bits per heavy atom. The Hall–Kier alpha value is -1.14. The van der Waals surface area contributed by atoms with Gasteiger partial charge in [-0.2, -0.15) is 4.39 Å². The second kappa shape index (κ2) is 4.39. The van der Waals surface area contributed by atoms with Gasteiger partial charge in [-0.15, -0.1) is 0 Å². The lowest BCUT2D eigenvalue weighted by Crippen LogP contribution is -2.08. The monoisotopic (exact) mass is 206 g/mol. The Morgan fingerprint density at radius 2 is 2.07 bits per heavy atom. The molecule has 0 spiro atoms. The van der Waals surface area contributed by atoms with Crippen molar-refractivity contribution >= 4 is 0 Å². The highest BCUT2D eigenvalue weighted by atomic mass is 19.3. The van der Waals surface area contributed by atoms with Gasteiger partial charge in [-0.1, -0.05) is 0 Å². The van der Waals surface area contributed by atoms with Gasteiger partial charge < -0.3 is 10.8 Å². The van der Waals surface area contributed by atoms with Crippen molar-refractivity contribution in [2.75, 3.05) is 0 Å². The summed E-state index contributed by atoms with van der Waals surface area (Å²) in [5.41, 5.74) is 4.33. The third-order valence-corrected chi connectivity index (χ3v) is 1.76. The molecular weight excluding hydrogens is 197 g/mol. The molecule has 0 saturated carbocycles. The molecule has 3 N–H and O–H groups in total. The van der Waals surface area contributed by atoms with E-state index in [2.05, 4.69) is 4.98 Å². The molecule has 1 aromatic heterocycles. The zero-order chi connectivity index (χ0) is 10.7. The van der Waals surface area contributed by atoms with E-state index in [-0.39, 0.29) is 17.7 Å². The quantitative estimate of drug-likeness (QED) is 0.728. The van der Waals surface area contributed by atoms with E-state index >= 15 is 0 Å². The highest BCUT2D eigenvalue weighted by molar-refractivity contribution is 5.26. The Kier molecular flexibility index (Phi) is 3.43. The summed E-state index contributed by atoms with van der Waals surface area (Å²) in [5.74, 6) is -1.01. The summed E-state index contributed by atoms with van der Waals surface area (Å²) in [6.07, 6.45) is -2.90. The van der Waals surface area contributed by atoms with Crippen molar-refractivity contribution < 1.29 is 18.3 Å². The summed E-state index contributed by atoms with van der Waals surface area (Å²) in [6.45, 7) is -0.755. The molecule has 78 valence electrons. The Bertz CT molecular complexity index is 331. The fourth-order valence-corrected chi connectivity index (χ4v) is 1.05. The van der Waals surface area contributed by atoms with E-state index in [0.29, 0.717) is 0 Å². The van der Waals surface area contributed by atoms with E-state index in [4.69, 9.17) is 10.8 Å². The topological polar surface area (TPSA) is 59.1 Å². The predicted molar refractivity (Wildman–Crippen MR) is 43.0 cm³/mol. The second-order valence-electron chi connectivity index (χ2n) is 2.65. The minimum atomic E-state index is -2.90. The van der Waals surface area contributed by atoms with Gasteiger partial charge in [-0.25, -0.2) is 13.8 Å². The maximum Gasteiger partial charge on any atom is 0.280 e. The van der Waals surface area contributed by atoms with Crippen LogP contribution in [-0.2, 0) is 13.2 Å². The zero-order valence-corrected chi connectivity index (χ0v) is 7.17. The fourth-order valence-electron chi connectivity index (χ4n) is 1.05. The molecule has 1 rings (SSSR count). The van der Waals surface area contributed by atoms with Crippen LogP contribution in [0.2, 0.25) is 0 Å². The van der Waals surface area contributed by atoms with Gasteiger partial charge in [0.1, 0.15) is 5.69 Å². The third kappa shape index (κ3) is 2.02. The lowest BCUT2D eigenvalue weighted by molar-refractivity contribution is 0.140. The molecule has 0 saturated heterocycles. The van der Waals surface area contributed by atoms with Crippen LogP contribution in [0.5, 0.6) is 0 Å². The van der Waals surface area contributed by atoms with E-state index in [0.717, 1.165) is 6.07 Å². The summed E-state index contributed by atoms with van der Waals surface area (Å²) in [7, 11) is 0. The van der Waals surface area contributed by atoms with Crippen LogP contribution in [0.1, 0.15) is 23.2 Å². The molecule has 0 atom stereocenters. The molecule has 6 heteroatoms. The minimum Gasteiger partial charge on any atom is -0.392 e. The Morgan fingerprint density at radius 1 is 1.43 bits per heavy atom. The van der Waals surface area contributed by atoms with Crippen molar-refractivity contribution in [3.05, 3.63) is 28.8 Å². The molecule has 0 bridgehead atoms. The highest BCUT2D eigenvalue weighted by Crippen LogP contribution is 2.22. The van der Waals surface area contributed by atoms with Crippen molar-refractivity contribution in [1.82, 2.24) is 4.98 Å². The zero-order valence-electron chi connectivity index (χ0n) is 7.17. The summed E-state index contributed by atoms with van der Waals surface area (Å²) in [4.78, 5) is 3.06. The number of alkyl halides is 2. The summed E-state index contributed by atoms with van der Waals surface area (Å²) in [6, 6.07) is 1.10. The molecule has 0 aliphatic carbocycles. The van der Waals surface area contributed by atoms with Crippen LogP contribution in [0.25, 0.3) is 0 Å². The first-order valence-corrected chi connectivity index (χ1v) is 3.87. The molecule has 0 fully saturated rings. The number of aliphatic hydroxyl groups excluding tert-OH is 1. The SMILES string of the molecule is NCc1cc(CO)c(C(F)F)nc1F. The number of hydrogen-bond acceptors (Lipinski definition) is 3. The number of aromatic nitrogens is 1. The van der Waals surface area contributed by atoms with E-state index < -0.39 is 24.7 Å². The first-order chi connectivity index (χ1) is 6.60. The van der Waals surface area contributed by atoms with Crippen molar-refractivity contribution in [1.29, 1.82) is 0 Å². The fraction of sp³-hybridized carbons (Fsp3) is 0.375. The number of nitrogens with two attached hydrogens (primary N) is 1. The highest BCUT2D eigenvalue weighted by Gasteiger charge is 2.17. The van der Waals surface area contributed by atoms with Crippen molar-refractivity contribution in [2.45, 2.75) is 19.6 Å². The maximum absolute atomic E-state index is 12.9. The van der Waals surface area contributed by atoms with Crippen LogP contribution in [0, 0.1) is 5.95 Å². The van der Waals surface area contributed by atoms with Crippen LogP contribution < -0.4 is 5.73 Å². The van der Waals surface area contributed by atoms with E-state index in [1.54, 1.807) is 0 Å². The number of nitrogens with zero attached hydrogens (tertiary/aromatic N) is 1. The van der Waals surface area contributed by atoms with Gasteiger partial charge >= 0.3 is 0 Å². The van der Waals surface area contributed by atoms with Crippen LogP contribution in [0.4, 0.5) is 13.2 Å². The standard InChI is InChI=1S/C8H9F3N2O/c9-7(10)6-5(3-14)1-4(2-12)8(11)13-6/h1,7,14H,2-3,12H2. The van der Waals surface area contributed by atoms with Crippen molar-refractivity contribution in [3.63, 3.8) is 0 Å². The lowest BCUT2D eigenvalue weighted by Gasteiger charge is -2.08. The van der Waals surface area contributed by atoms with Gasteiger partial charge in [0.25, 0.3) is 6.43 Å². The molecule has 0 aliphatic rings.